The van der Waals surface area contributed by atoms with E-state index < -0.39 is 24.0 Å². The van der Waals surface area contributed by atoms with Gasteiger partial charge in [-0.1, -0.05) is 38.1 Å². The van der Waals surface area contributed by atoms with Gasteiger partial charge < -0.3 is 19.9 Å². The summed E-state index contributed by atoms with van der Waals surface area (Å²) in [5.41, 5.74) is 0.0315. The summed E-state index contributed by atoms with van der Waals surface area (Å²) >= 11 is 0. The van der Waals surface area contributed by atoms with E-state index in [0.717, 1.165) is 10.2 Å². The maximum Gasteiger partial charge on any atom is 0.357 e. The molecular weight excluding hydrogens is 414 g/mol. The highest BCUT2D eigenvalue weighted by Gasteiger charge is 2.23. The first-order valence-corrected chi connectivity index (χ1v) is 10.3. The minimum Gasteiger partial charge on any atom is -0.486 e. The fourth-order valence-corrected chi connectivity index (χ4v) is 3.74. The number of ether oxygens (including phenoxy) is 2. The average Bonchev–Trinajstić information content (AvgIpc) is 2.78. The molecule has 2 aromatic carbocycles. The van der Waals surface area contributed by atoms with Crippen LogP contribution in [0.2, 0.25) is 0 Å². The van der Waals surface area contributed by atoms with Gasteiger partial charge in [0.2, 0.25) is 5.91 Å². The van der Waals surface area contributed by atoms with Crippen LogP contribution in [0.5, 0.6) is 11.5 Å². The lowest BCUT2D eigenvalue weighted by Gasteiger charge is -2.25. The summed E-state index contributed by atoms with van der Waals surface area (Å²) in [6.07, 6.45) is 0. The molecule has 0 bridgehead atoms. The number of aromatic carboxylic acids is 1. The molecule has 0 radical (unpaired) electrons. The Kier molecular flexibility index (Phi) is 5.81. The van der Waals surface area contributed by atoms with Crippen molar-refractivity contribution in [3.63, 3.8) is 0 Å². The Labute approximate surface area is 183 Å². The van der Waals surface area contributed by atoms with Crippen LogP contribution in [0, 0.1) is 5.92 Å². The van der Waals surface area contributed by atoms with Crippen LogP contribution >= 0.6 is 0 Å². The Morgan fingerprint density at radius 2 is 1.78 bits per heavy atom. The summed E-state index contributed by atoms with van der Waals surface area (Å²) in [5.74, 6) is -0.419. The van der Waals surface area contributed by atoms with Crippen molar-refractivity contribution in [3.05, 3.63) is 64.1 Å². The molecule has 3 aromatic rings. The summed E-state index contributed by atoms with van der Waals surface area (Å²) in [6.45, 7) is 4.47. The molecule has 2 N–H and O–H groups in total. The lowest BCUT2D eigenvalue weighted by molar-refractivity contribution is -0.123. The molecule has 9 nitrogen and oxygen atoms in total. The molecule has 1 unspecified atom stereocenters. The minimum absolute atomic E-state index is 0.0392. The van der Waals surface area contributed by atoms with Crippen molar-refractivity contribution in [1.29, 1.82) is 0 Å². The number of nitrogens with one attached hydrogen (secondary N) is 1. The standard InChI is InChI=1S/C23H23N3O6/c1-13(2)20(14-7-8-17-18(11-14)32-10-9-31-17)24-19(27)12-26-22(28)16-6-4-3-5-15(16)21(25-26)23(29)30/h3-8,11,13,20H,9-10,12H2,1-2H3,(H,24,27)(H,29,30). The van der Waals surface area contributed by atoms with E-state index in [9.17, 15) is 19.5 Å². The summed E-state index contributed by atoms with van der Waals surface area (Å²) < 4.78 is 12.1. The van der Waals surface area contributed by atoms with Gasteiger partial charge in [-0.15, -0.1) is 0 Å². The van der Waals surface area contributed by atoms with Crippen molar-refractivity contribution in [2.45, 2.75) is 26.4 Å². The van der Waals surface area contributed by atoms with E-state index in [1.54, 1.807) is 18.2 Å². The summed E-state index contributed by atoms with van der Waals surface area (Å²) in [7, 11) is 0. The summed E-state index contributed by atoms with van der Waals surface area (Å²) in [4.78, 5) is 37.3. The van der Waals surface area contributed by atoms with Crippen LogP contribution in [-0.4, -0.2) is 40.0 Å². The van der Waals surface area contributed by atoms with Gasteiger partial charge in [-0.25, -0.2) is 9.48 Å². The van der Waals surface area contributed by atoms with Crippen molar-refractivity contribution in [2.24, 2.45) is 5.92 Å². The van der Waals surface area contributed by atoms with E-state index in [2.05, 4.69) is 10.4 Å². The van der Waals surface area contributed by atoms with E-state index in [-0.39, 0.29) is 28.4 Å². The Morgan fingerprint density at radius 3 is 2.47 bits per heavy atom. The molecule has 1 amide bonds. The van der Waals surface area contributed by atoms with Crippen LogP contribution in [-0.2, 0) is 11.3 Å². The first kappa shape index (κ1) is 21.4. The topological polar surface area (TPSA) is 120 Å². The Balaban J connectivity index is 1.61. The third-order valence-corrected chi connectivity index (χ3v) is 5.27. The molecule has 0 saturated carbocycles. The third kappa shape index (κ3) is 4.14. The minimum atomic E-state index is -1.27. The summed E-state index contributed by atoms with van der Waals surface area (Å²) in [6, 6.07) is 11.5. The molecule has 1 atom stereocenters. The summed E-state index contributed by atoms with van der Waals surface area (Å²) in [5, 5.41) is 16.8. The first-order chi connectivity index (χ1) is 15.3. The van der Waals surface area contributed by atoms with Gasteiger partial charge in [-0.3, -0.25) is 9.59 Å². The molecule has 0 aliphatic carbocycles. The molecule has 1 aliphatic rings. The molecule has 0 fully saturated rings. The predicted octanol–water partition coefficient (Wildman–Crippen LogP) is 2.38. The molecule has 4 rings (SSSR count). The number of aromatic nitrogens is 2. The fraction of sp³-hybridized carbons (Fsp3) is 0.304. The van der Waals surface area contributed by atoms with Gasteiger partial charge in [-0.2, -0.15) is 5.10 Å². The molecule has 9 heteroatoms. The third-order valence-electron chi connectivity index (χ3n) is 5.27. The van der Waals surface area contributed by atoms with E-state index in [4.69, 9.17) is 9.47 Å². The van der Waals surface area contributed by atoms with Gasteiger partial charge >= 0.3 is 5.97 Å². The molecular formula is C23H23N3O6. The van der Waals surface area contributed by atoms with Gasteiger partial charge in [-0.05, 0) is 29.7 Å². The Morgan fingerprint density at radius 1 is 1.09 bits per heavy atom. The normalized spacial score (nSPS) is 13.7. The van der Waals surface area contributed by atoms with Gasteiger partial charge in [0.1, 0.15) is 19.8 Å². The molecule has 0 saturated heterocycles. The molecule has 1 aromatic heterocycles. The zero-order valence-corrected chi connectivity index (χ0v) is 17.7. The molecule has 2 heterocycles. The Hall–Kier alpha value is -3.88. The van der Waals surface area contributed by atoms with Crippen molar-refractivity contribution in [2.75, 3.05) is 13.2 Å². The average molecular weight is 437 g/mol. The van der Waals surface area contributed by atoms with Gasteiger partial charge in [0.25, 0.3) is 5.56 Å². The second-order valence-electron chi connectivity index (χ2n) is 7.85. The number of carbonyl (C=O) groups is 2. The van der Waals surface area contributed by atoms with Crippen molar-refractivity contribution in [3.8, 4) is 11.5 Å². The molecule has 166 valence electrons. The zero-order chi connectivity index (χ0) is 22.8. The van der Waals surface area contributed by atoms with Gasteiger partial charge in [0, 0.05) is 5.39 Å². The number of amides is 1. The number of carboxylic acids is 1. The number of benzene rings is 2. The highest BCUT2D eigenvalue weighted by molar-refractivity contribution is 6.01. The highest BCUT2D eigenvalue weighted by Crippen LogP contribution is 2.34. The molecule has 32 heavy (non-hydrogen) atoms. The zero-order valence-electron chi connectivity index (χ0n) is 17.7. The smallest absolute Gasteiger partial charge is 0.357 e. The lowest BCUT2D eigenvalue weighted by atomic mass is 9.95. The number of nitrogens with zero attached hydrogens (tertiary/aromatic N) is 2. The Bertz CT molecular complexity index is 1250. The van der Waals surface area contributed by atoms with E-state index in [1.807, 2.05) is 26.0 Å². The van der Waals surface area contributed by atoms with Crippen LogP contribution in [0.3, 0.4) is 0 Å². The second-order valence-corrected chi connectivity index (χ2v) is 7.85. The highest BCUT2D eigenvalue weighted by atomic mass is 16.6. The maximum atomic E-state index is 12.8. The number of hydrogen-bond acceptors (Lipinski definition) is 6. The largest absolute Gasteiger partial charge is 0.486 e. The molecule has 1 aliphatic heterocycles. The predicted molar refractivity (Wildman–Crippen MR) is 116 cm³/mol. The maximum absolute atomic E-state index is 12.8. The van der Waals surface area contributed by atoms with Crippen LogP contribution in [0.25, 0.3) is 10.8 Å². The van der Waals surface area contributed by atoms with Crippen LogP contribution in [0.15, 0.2) is 47.3 Å². The van der Waals surface area contributed by atoms with Gasteiger partial charge in [0.15, 0.2) is 17.2 Å². The van der Waals surface area contributed by atoms with Gasteiger partial charge in [0.05, 0.1) is 11.4 Å². The first-order valence-electron chi connectivity index (χ1n) is 10.3. The van der Waals surface area contributed by atoms with Crippen LogP contribution in [0.4, 0.5) is 0 Å². The SMILES string of the molecule is CC(C)C(NC(=O)Cn1nc(C(=O)O)c2ccccc2c1=O)c1ccc2c(c1)OCCO2. The number of hydrogen-bond donors (Lipinski definition) is 2. The lowest BCUT2D eigenvalue weighted by Crippen LogP contribution is -2.38. The molecule has 0 spiro atoms. The van der Waals surface area contributed by atoms with Crippen LogP contribution in [0.1, 0.15) is 35.9 Å². The monoisotopic (exact) mass is 437 g/mol. The fourth-order valence-electron chi connectivity index (χ4n) is 3.74. The van der Waals surface area contributed by atoms with E-state index >= 15 is 0 Å². The van der Waals surface area contributed by atoms with Crippen molar-refractivity contribution >= 4 is 22.6 Å². The van der Waals surface area contributed by atoms with E-state index in [0.29, 0.717) is 24.7 Å². The van der Waals surface area contributed by atoms with E-state index in [1.165, 1.54) is 12.1 Å². The number of fused-ring (bicyclic) bond motifs is 2. The number of carboxylic acid groups (broad SMARTS) is 1. The number of rotatable bonds is 6. The quantitative estimate of drug-likeness (QED) is 0.607. The second kappa shape index (κ2) is 8.70. The van der Waals surface area contributed by atoms with Crippen molar-refractivity contribution in [1.82, 2.24) is 15.1 Å². The van der Waals surface area contributed by atoms with Crippen LogP contribution < -0.4 is 20.3 Å². The van der Waals surface area contributed by atoms with Crippen molar-refractivity contribution < 1.29 is 24.2 Å². The number of carbonyl (C=O) groups excluding carboxylic acids is 1.